The van der Waals surface area contributed by atoms with Crippen molar-refractivity contribution in [1.29, 1.82) is 0 Å². The third-order valence-electron chi connectivity index (χ3n) is 8.81. The molecule has 2 bridgehead atoms. The molecule has 0 unspecified atom stereocenters. The van der Waals surface area contributed by atoms with Gasteiger partial charge in [0.05, 0.1) is 23.9 Å². The minimum Gasteiger partial charge on any atom is -0.389 e. The largest absolute Gasteiger partial charge is 0.389 e. The number of allylic oxidation sites excluding steroid dienone is 1. The van der Waals surface area contributed by atoms with Crippen LogP contribution in [0, 0.1) is 34.5 Å². The van der Waals surface area contributed by atoms with Gasteiger partial charge in [-0.25, -0.2) is 23.5 Å². The number of hydrogen-bond acceptors (Lipinski definition) is 3. The molecule has 1 aromatic carbocycles. The van der Waals surface area contributed by atoms with Crippen LogP contribution < -0.4 is 11.4 Å². The van der Waals surface area contributed by atoms with Crippen molar-refractivity contribution in [2.45, 2.75) is 24.6 Å². The van der Waals surface area contributed by atoms with Crippen LogP contribution >= 0.6 is 0 Å². The molecule has 3 heterocycles. The number of aliphatic hydroxyl groups excluding tert-OH is 1. The summed E-state index contributed by atoms with van der Waals surface area (Å²) in [4.78, 5) is 26.7. The summed E-state index contributed by atoms with van der Waals surface area (Å²) in [6.45, 7) is 0. The van der Waals surface area contributed by atoms with Crippen molar-refractivity contribution in [1.82, 2.24) is 13.9 Å². The van der Waals surface area contributed by atoms with Gasteiger partial charge in [0.25, 0.3) is 0 Å². The van der Waals surface area contributed by atoms with E-state index in [1.807, 2.05) is 36.4 Å². The Morgan fingerprint density at radius 3 is 2.42 bits per heavy atom. The molecule has 130 valence electrons. The second kappa shape index (κ2) is 3.31. The third kappa shape index (κ3) is 0.895. The van der Waals surface area contributed by atoms with Crippen molar-refractivity contribution < 1.29 is 5.11 Å². The predicted octanol–water partition coefficient (Wildman–Crippen LogP) is 0.709. The Morgan fingerprint density at radius 2 is 1.65 bits per heavy atom. The normalized spacial score (nSPS) is 52.0. The van der Waals surface area contributed by atoms with E-state index in [1.54, 1.807) is 9.36 Å². The predicted molar refractivity (Wildman–Crippen MR) is 91.0 cm³/mol. The lowest BCUT2D eigenvalue weighted by Gasteiger charge is -2.49. The lowest BCUT2D eigenvalue weighted by atomic mass is 9.67. The molecule has 2 spiro atoms. The molecule has 1 aromatic heterocycles. The first-order valence-corrected chi connectivity index (χ1v) is 9.53. The second-order valence-corrected chi connectivity index (χ2v) is 9.13. The monoisotopic (exact) mass is 347 g/mol. The van der Waals surface area contributed by atoms with Gasteiger partial charge in [0.2, 0.25) is 0 Å². The van der Waals surface area contributed by atoms with Gasteiger partial charge in [-0.15, -0.1) is 0 Å². The summed E-state index contributed by atoms with van der Waals surface area (Å²) in [6.07, 6.45) is 4.47. The quantitative estimate of drug-likeness (QED) is 0.773. The van der Waals surface area contributed by atoms with Gasteiger partial charge in [0.1, 0.15) is 0 Å². The maximum atomic E-state index is 13.3. The average Bonchev–Trinajstić information content (AvgIpc) is 3.40. The van der Waals surface area contributed by atoms with Crippen LogP contribution in [0.5, 0.6) is 0 Å². The minimum absolute atomic E-state index is 0.00898. The van der Waals surface area contributed by atoms with Gasteiger partial charge in [-0.3, -0.25) is 0 Å². The Kier molecular flexibility index (Phi) is 1.65. The number of para-hydroxylation sites is 1. The fourth-order valence-electron chi connectivity index (χ4n) is 8.52. The number of aliphatic hydroxyl groups is 1. The van der Waals surface area contributed by atoms with Gasteiger partial charge in [0, 0.05) is 10.8 Å². The van der Waals surface area contributed by atoms with E-state index in [4.69, 9.17) is 0 Å². The molecule has 1 N–H and O–H groups in total. The van der Waals surface area contributed by atoms with Crippen LogP contribution in [0.3, 0.4) is 0 Å². The standard InChI is InChI=1S/C20H17N3O3/c24-10-6-7-19-14-11-12-13(11)16(20(14,19)8-10)23-18(26)21(9-4-2-1-3-5-9)17(25)22(23)15(12)19/h1-7,10-16,24H,8H2/t10-,11-,12+,13+,14-,15+,16+,19+,20+/m1/s1. The van der Waals surface area contributed by atoms with E-state index in [1.165, 1.54) is 4.57 Å². The molecule has 6 nitrogen and oxygen atoms in total. The van der Waals surface area contributed by atoms with E-state index < -0.39 is 6.10 Å². The maximum absolute atomic E-state index is 13.3. The first kappa shape index (κ1) is 12.9. The van der Waals surface area contributed by atoms with Crippen molar-refractivity contribution in [3.05, 3.63) is 63.5 Å². The summed E-state index contributed by atoms with van der Waals surface area (Å²) >= 11 is 0. The number of hydrogen-bond donors (Lipinski definition) is 1. The molecule has 0 saturated heterocycles. The third-order valence-corrected chi connectivity index (χ3v) is 8.81. The van der Waals surface area contributed by atoms with Crippen LogP contribution in [0.2, 0.25) is 0 Å². The van der Waals surface area contributed by atoms with Crippen LogP contribution in [-0.2, 0) is 0 Å². The molecule has 2 aromatic rings. The highest BCUT2D eigenvalue weighted by atomic mass is 16.3. The zero-order chi connectivity index (χ0) is 17.2. The van der Waals surface area contributed by atoms with E-state index in [9.17, 15) is 14.7 Å². The van der Waals surface area contributed by atoms with Crippen LogP contribution in [0.1, 0.15) is 18.5 Å². The Bertz CT molecular complexity index is 1190. The highest BCUT2D eigenvalue weighted by Gasteiger charge is 3.02. The van der Waals surface area contributed by atoms with E-state index in [0.29, 0.717) is 29.4 Å². The Hall–Kier alpha value is -2.34. The molecule has 0 radical (unpaired) electrons. The van der Waals surface area contributed by atoms with Crippen molar-refractivity contribution in [2.24, 2.45) is 34.5 Å². The molecule has 6 heteroatoms. The Balaban J connectivity index is 1.47. The SMILES string of the molecule is O=c1n(-c2ccccc2)c(=O)n2n1[C@H]1[C@@H]3[C@@H]4[C@@H]3[C@@H]3[C@@]15C=C[C@@H](O)C[C@@]35[C@H]42. The van der Waals surface area contributed by atoms with Crippen LogP contribution in [0.25, 0.3) is 5.69 Å². The molecular formula is C20H17N3O3. The van der Waals surface area contributed by atoms with Crippen LogP contribution in [0.4, 0.5) is 0 Å². The maximum Gasteiger partial charge on any atom is 0.352 e. The van der Waals surface area contributed by atoms with Crippen molar-refractivity contribution >= 4 is 0 Å². The summed E-state index contributed by atoms with van der Waals surface area (Å²) < 4.78 is 4.93. The number of benzene rings is 1. The lowest BCUT2D eigenvalue weighted by molar-refractivity contribution is -0.00744. The molecule has 0 amide bonds. The number of rotatable bonds is 1. The summed E-state index contributed by atoms with van der Waals surface area (Å²) in [6, 6.07) is 9.41. The van der Waals surface area contributed by atoms with Crippen LogP contribution in [0.15, 0.2) is 52.1 Å². The van der Waals surface area contributed by atoms with Crippen molar-refractivity contribution in [2.75, 3.05) is 0 Å². The van der Waals surface area contributed by atoms with Crippen LogP contribution in [-0.4, -0.2) is 25.1 Å². The molecule has 9 atom stereocenters. The minimum atomic E-state index is -0.421. The van der Waals surface area contributed by atoms with Gasteiger partial charge in [-0.1, -0.05) is 30.4 Å². The number of nitrogens with zero attached hydrogens (tertiary/aromatic N) is 3. The number of aromatic nitrogens is 3. The first-order valence-electron chi connectivity index (χ1n) is 9.53. The highest BCUT2D eigenvalue weighted by Crippen LogP contribution is 3.03. The van der Waals surface area contributed by atoms with Gasteiger partial charge >= 0.3 is 11.4 Å². The smallest absolute Gasteiger partial charge is 0.352 e. The first-order chi connectivity index (χ1) is 12.6. The van der Waals surface area contributed by atoms with Crippen molar-refractivity contribution in [3.63, 3.8) is 0 Å². The second-order valence-electron chi connectivity index (χ2n) is 9.13. The van der Waals surface area contributed by atoms with Crippen molar-refractivity contribution in [3.8, 4) is 5.69 Å². The van der Waals surface area contributed by atoms with E-state index in [-0.39, 0.29) is 34.3 Å². The fourth-order valence-corrected chi connectivity index (χ4v) is 8.52. The van der Waals surface area contributed by atoms with E-state index in [0.717, 1.165) is 6.42 Å². The van der Waals surface area contributed by atoms with E-state index >= 15 is 0 Å². The summed E-state index contributed by atoms with van der Waals surface area (Å²) in [5.41, 5.74) is 0.254. The fraction of sp³-hybridized carbons (Fsp3) is 0.500. The molecule has 5 aliphatic carbocycles. The van der Waals surface area contributed by atoms with Gasteiger partial charge in [-0.05, 0) is 42.2 Å². The molecule has 7 aliphatic rings. The van der Waals surface area contributed by atoms with E-state index in [2.05, 4.69) is 6.08 Å². The molecule has 4 fully saturated rings. The molecule has 26 heavy (non-hydrogen) atoms. The molecule has 2 aliphatic heterocycles. The van der Waals surface area contributed by atoms with Gasteiger partial charge < -0.3 is 5.11 Å². The molecule has 9 rings (SSSR count). The average molecular weight is 347 g/mol. The zero-order valence-corrected chi connectivity index (χ0v) is 13.9. The van der Waals surface area contributed by atoms with Gasteiger partial charge in [-0.2, -0.15) is 0 Å². The summed E-state index contributed by atoms with van der Waals surface area (Å²) in [5, 5.41) is 10.3. The summed E-state index contributed by atoms with van der Waals surface area (Å²) in [5.74, 6) is 2.30. The lowest BCUT2D eigenvalue weighted by Crippen LogP contribution is -2.53. The topological polar surface area (TPSA) is 69.2 Å². The summed E-state index contributed by atoms with van der Waals surface area (Å²) in [7, 11) is 0. The zero-order valence-electron chi connectivity index (χ0n) is 13.9. The molecular weight excluding hydrogens is 330 g/mol. The Labute approximate surface area is 148 Å². The highest BCUT2D eigenvalue weighted by molar-refractivity contribution is 5.54. The molecule has 4 saturated carbocycles. The van der Waals surface area contributed by atoms with Gasteiger partial charge in [0.15, 0.2) is 0 Å². The Morgan fingerprint density at radius 1 is 0.962 bits per heavy atom.